The van der Waals surface area contributed by atoms with Crippen molar-refractivity contribution in [2.75, 3.05) is 13.7 Å². The molecule has 2 aromatic rings. The van der Waals surface area contributed by atoms with Crippen LogP contribution in [0, 0.1) is 0 Å². The first-order valence-electron chi connectivity index (χ1n) is 8.74. The minimum Gasteiger partial charge on any atom is -0.504 e. The number of tetrazole rings is 1. The summed E-state index contributed by atoms with van der Waals surface area (Å²) in [6.45, 7) is 6.93. The summed E-state index contributed by atoms with van der Waals surface area (Å²) in [7, 11) is 1.55. The first-order valence-corrected chi connectivity index (χ1v) is 8.74. The molecule has 0 amide bonds. The third-order valence-corrected chi connectivity index (χ3v) is 4.40. The Kier molecular flexibility index (Phi) is 6.61. The molecule has 0 bridgehead atoms. The quantitative estimate of drug-likeness (QED) is 0.639. The van der Waals surface area contributed by atoms with E-state index in [4.69, 9.17) is 9.47 Å². The summed E-state index contributed by atoms with van der Waals surface area (Å²) >= 11 is 0. The maximum absolute atomic E-state index is 9.91. The third kappa shape index (κ3) is 5.08. The first-order chi connectivity index (χ1) is 12.0. The predicted octanol–water partition coefficient (Wildman–Crippen LogP) is 3.39. The van der Waals surface area contributed by atoms with Gasteiger partial charge in [-0.2, -0.15) is 5.21 Å². The lowest BCUT2D eigenvalue weighted by Gasteiger charge is -2.20. The highest BCUT2D eigenvalue weighted by Gasteiger charge is 2.24. The lowest BCUT2D eigenvalue weighted by molar-refractivity contribution is 0.294. The molecule has 1 heterocycles. The number of phenolic OH excluding ortho intramolecular Hbond substituents is 1. The van der Waals surface area contributed by atoms with Crippen LogP contribution in [-0.2, 0) is 11.8 Å². The van der Waals surface area contributed by atoms with E-state index in [9.17, 15) is 5.11 Å². The number of hydrogen-bond donors (Lipinski definition) is 2. The predicted molar refractivity (Wildman–Crippen MR) is 95.2 cm³/mol. The summed E-state index contributed by atoms with van der Waals surface area (Å²) in [6, 6.07) is 3.47. The van der Waals surface area contributed by atoms with Gasteiger partial charge in [0.25, 0.3) is 0 Å². The summed E-state index contributed by atoms with van der Waals surface area (Å²) in [6.07, 6.45) is 4.91. The Hall–Kier alpha value is -2.31. The fourth-order valence-electron chi connectivity index (χ4n) is 2.75. The first kappa shape index (κ1) is 19.0. The van der Waals surface area contributed by atoms with Crippen molar-refractivity contribution in [3.05, 3.63) is 23.5 Å². The number of unbranched alkanes of at least 4 members (excludes halogenated alkanes) is 2. The van der Waals surface area contributed by atoms with Gasteiger partial charge in [0, 0.05) is 11.5 Å². The number of phenols is 1. The monoisotopic (exact) mass is 348 g/mol. The average Bonchev–Trinajstić information content (AvgIpc) is 3.13. The topological polar surface area (TPSA) is 93.1 Å². The Morgan fingerprint density at radius 2 is 1.96 bits per heavy atom. The summed E-state index contributed by atoms with van der Waals surface area (Å²) in [4.78, 5) is 0. The number of rotatable bonds is 10. The van der Waals surface area contributed by atoms with Gasteiger partial charge in [-0.3, -0.25) is 0 Å². The molecule has 0 unspecified atom stereocenters. The van der Waals surface area contributed by atoms with E-state index in [1.165, 1.54) is 0 Å². The summed E-state index contributed by atoms with van der Waals surface area (Å²) in [5, 5.41) is 24.2. The van der Waals surface area contributed by atoms with E-state index in [2.05, 4.69) is 41.4 Å². The minimum absolute atomic E-state index is 0.0784. The molecule has 1 aromatic heterocycles. The van der Waals surface area contributed by atoms with Gasteiger partial charge in [-0.1, -0.05) is 38.8 Å². The molecular formula is C18H28N4O3. The van der Waals surface area contributed by atoms with Gasteiger partial charge >= 0.3 is 0 Å². The normalized spacial score (nSPS) is 11.5. The molecule has 2 N–H and O–H groups in total. The van der Waals surface area contributed by atoms with E-state index >= 15 is 0 Å². The van der Waals surface area contributed by atoms with Crippen molar-refractivity contribution in [1.82, 2.24) is 20.6 Å². The highest BCUT2D eigenvalue weighted by molar-refractivity contribution is 5.49. The van der Waals surface area contributed by atoms with Crippen LogP contribution in [0.25, 0.3) is 0 Å². The molecule has 0 saturated carbocycles. The van der Waals surface area contributed by atoms with Gasteiger partial charge in [-0.05, 0) is 30.9 Å². The van der Waals surface area contributed by atoms with Crippen LogP contribution >= 0.6 is 0 Å². The van der Waals surface area contributed by atoms with Gasteiger partial charge in [0.2, 0.25) is 0 Å². The van der Waals surface area contributed by atoms with Crippen molar-refractivity contribution >= 4 is 0 Å². The summed E-state index contributed by atoms with van der Waals surface area (Å²) in [5.74, 6) is 2.07. The van der Waals surface area contributed by atoms with Gasteiger partial charge in [-0.15, -0.1) is 10.2 Å². The van der Waals surface area contributed by atoms with Crippen molar-refractivity contribution < 1.29 is 14.6 Å². The van der Waals surface area contributed by atoms with Crippen LogP contribution < -0.4 is 9.47 Å². The maximum Gasteiger partial charge on any atom is 0.180 e. The van der Waals surface area contributed by atoms with Gasteiger partial charge in [0.1, 0.15) is 5.75 Å². The molecular weight excluding hydrogens is 320 g/mol. The van der Waals surface area contributed by atoms with E-state index in [1.54, 1.807) is 13.2 Å². The molecule has 0 radical (unpaired) electrons. The molecule has 1 aromatic carbocycles. The number of H-pyrrole nitrogens is 1. The Morgan fingerprint density at radius 1 is 1.16 bits per heavy atom. The van der Waals surface area contributed by atoms with E-state index in [0.29, 0.717) is 12.4 Å². The second-order valence-electron chi connectivity index (χ2n) is 6.76. The number of aryl methyl sites for hydroxylation is 1. The van der Waals surface area contributed by atoms with Crippen molar-refractivity contribution in [3.63, 3.8) is 0 Å². The molecule has 0 fully saturated rings. The standard InChI is InChI=1S/C18H28N4O3/c1-5-13-11-16(24-4)14(23)12-15(13)25-10-8-6-7-9-18(2,3)17-19-21-22-20-17/h11-12,23H,5-10H2,1-4H3,(H,19,20,21,22). The average molecular weight is 348 g/mol. The second-order valence-corrected chi connectivity index (χ2v) is 6.76. The van der Waals surface area contributed by atoms with Crippen molar-refractivity contribution in [2.24, 2.45) is 0 Å². The zero-order valence-electron chi connectivity index (χ0n) is 15.5. The number of aromatic amines is 1. The maximum atomic E-state index is 9.91. The highest BCUT2D eigenvalue weighted by atomic mass is 16.5. The number of aromatic hydroxyl groups is 1. The molecule has 0 spiro atoms. The van der Waals surface area contributed by atoms with E-state index < -0.39 is 0 Å². The lowest BCUT2D eigenvalue weighted by atomic mass is 9.86. The largest absolute Gasteiger partial charge is 0.504 e. The Labute approximate surface area is 148 Å². The van der Waals surface area contributed by atoms with Crippen LogP contribution in [0.15, 0.2) is 12.1 Å². The number of benzene rings is 1. The van der Waals surface area contributed by atoms with Crippen LogP contribution in [0.5, 0.6) is 17.2 Å². The van der Waals surface area contributed by atoms with Gasteiger partial charge in [-0.25, -0.2) is 0 Å². The van der Waals surface area contributed by atoms with Gasteiger partial charge in [0.15, 0.2) is 17.3 Å². The SMILES string of the molecule is CCc1cc(OC)c(O)cc1OCCCCCC(C)(C)c1nn[nH]n1. The Bertz CT molecular complexity index is 657. The van der Waals surface area contributed by atoms with E-state index in [-0.39, 0.29) is 11.2 Å². The highest BCUT2D eigenvalue weighted by Crippen LogP contribution is 2.34. The third-order valence-electron chi connectivity index (χ3n) is 4.40. The van der Waals surface area contributed by atoms with Crippen LogP contribution in [0.1, 0.15) is 57.8 Å². The smallest absolute Gasteiger partial charge is 0.180 e. The minimum atomic E-state index is -0.0784. The summed E-state index contributed by atoms with van der Waals surface area (Å²) < 4.78 is 11.0. The molecule has 0 saturated heterocycles. The molecule has 2 rings (SSSR count). The van der Waals surface area contributed by atoms with E-state index in [1.807, 2.05) is 6.07 Å². The number of nitrogens with one attached hydrogen (secondary N) is 1. The van der Waals surface area contributed by atoms with Crippen LogP contribution in [0.3, 0.4) is 0 Å². The van der Waals surface area contributed by atoms with Crippen LogP contribution in [-0.4, -0.2) is 39.4 Å². The zero-order valence-corrected chi connectivity index (χ0v) is 15.5. The zero-order chi connectivity index (χ0) is 18.3. The Morgan fingerprint density at radius 3 is 2.60 bits per heavy atom. The number of methoxy groups -OCH3 is 1. The molecule has 138 valence electrons. The molecule has 0 aliphatic heterocycles. The molecule has 0 atom stereocenters. The molecule has 7 nitrogen and oxygen atoms in total. The number of ether oxygens (including phenoxy) is 2. The van der Waals surface area contributed by atoms with Gasteiger partial charge in [0.05, 0.1) is 13.7 Å². The Balaban J connectivity index is 1.75. The number of aromatic nitrogens is 4. The van der Waals surface area contributed by atoms with Gasteiger partial charge < -0.3 is 14.6 Å². The second kappa shape index (κ2) is 8.69. The van der Waals surface area contributed by atoms with E-state index in [0.717, 1.165) is 49.2 Å². The van der Waals surface area contributed by atoms with Crippen molar-refractivity contribution in [3.8, 4) is 17.2 Å². The molecule has 25 heavy (non-hydrogen) atoms. The van der Waals surface area contributed by atoms with Crippen LogP contribution in [0.4, 0.5) is 0 Å². The van der Waals surface area contributed by atoms with Crippen molar-refractivity contribution in [1.29, 1.82) is 0 Å². The fraction of sp³-hybridized carbons (Fsp3) is 0.611. The van der Waals surface area contributed by atoms with Crippen LogP contribution in [0.2, 0.25) is 0 Å². The number of hydrogen-bond acceptors (Lipinski definition) is 6. The molecule has 0 aliphatic rings. The fourth-order valence-corrected chi connectivity index (χ4v) is 2.75. The number of nitrogens with zero attached hydrogens (tertiary/aromatic N) is 3. The molecule has 0 aliphatic carbocycles. The summed E-state index contributed by atoms with van der Waals surface area (Å²) in [5.41, 5.74) is 0.957. The lowest BCUT2D eigenvalue weighted by Crippen LogP contribution is -2.19. The molecule has 7 heteroatoms. The van der Waals surface area contributed by atoms with Crippen molar-refractivity contribution in [2.45, 2.75) is 58.3 Å².